The minimum atomic E-state index is 0.406. The molecule has 20 heavy (non-hydrogen) atoms. The highest BCUT2D eigenvalue weighted by Crippen LogP contribution is 2.28. The molecule has 2 rings (SSSR count). The van der Waals surface area contributed by atoms with Crippen LogP contribution in [0.3, 0.4) is 0 Å². The van der Waals surface area contributed by atoms with E-state index >= 15 is 0 Å². The Morgan fingerprint density at radius 3 is 2.35 bits per heavy atom. The monoisotopic (exact) mass is 292 g/mol. The molecule has 2 nitrogen and oxygen atoms in total. The minimum Gasteiger partial charge on any atom is -0.271 e. The number of nitrogens with two attached hydrogens (primary N) is 1. The summed E-state index contributed by atoms with van der Waals surface area (Å²) in [5, 5.41) is 0. The Bertz CT molecular complexity index is 416. The fraction of sp³-hybridized carbons (Fsp3) is 0.647. The molecule has 112 valence electrons. The molecule has 1 heterocycles. The van der Waals surface area contributed by atoms with Crippen LogP contribution in [0.5, 0.6) is 0 Å². The molecule has 0 radical (unpaired) electrons. The third-order valence-corrected chi connectivity index (χ3v) is 5.53. The number of rotatable bonds is 5. The van der Waals surface area contributed by atoms with Crippen LogP contribution in [0, 0.1) is 26.7 Å². The van der Waals surface area contributed by atoms with Crippen molar-refractivity contribution in [2.75, 3.05) is 11.5 Å². The predicted octanol–water partition coefficient (Wildman–Crippen LogP) is 3.52. The third-order valence-electron chi connectivity index (χ3n) is 4.49. The van der Waals surface area contributed by atoms with Crippen molar-refractivity contribution in [3.05, 3.63) is 34.4 Å². The van der Waals surface area contributed by atoms with Crippen LogP contribution in [-0.2, 0) is 6.42 Å². The minimum absolute atomic E-state index is 0.406. The van der Waals surface area contributed by atoms with Gasteiger partial charge < -0.3 is 0 Å². The van der Waals surface area contributed by atoms with E-state index in [-0.39, 0.29) is 0 Å². The van der Waals surface area contributed by atoms with E-state index in [1.165, 1.54) is 53.0 Å². The molecule has 1 aromatic carbocycles. The van der Waals surface area contributed by atoms with Crippen molar-refractivity contribution in [3.63, 3.8) is 0 Å². The standard InChI is InChI=1S/C17H28N2S/c1-12-8-13(2)17(14(3)9-12)11-16(19-18)10-15-4-6-20-7-5-15/h8-9,15-16,19H,4-7,10-11,18H2,1-3H3. The summed E-state index contributed by atoms with van der Waals surface area (Å²) in [4.78, 5) is 0. The zero-order chi connectivity index (χ0) is 14.5. The highest BCUT2D eigenvalue weighted by molar-refractivity contribution is 7.99. The van der Waals surface area contributed by atoms with E-state index in [0.717, 1.165) is 12.3 Å². The smallest absolute Gasteiger partial charge is 0.0253 e. The molecule has 1 unspecified atom stereocenters. The molecule has 3 N–H and O–H groups in total. The van der Waals surface area contributed by atoms with E-state index in [4.69, 9.17) is 5.84 Å². The van der Waals surface area contributed by atoms with E-state index in [1.54, 1.807) is 0 Å². The quantitative estimate of drug-likeness (QED) is 0.644. The van der Waals surface area contributed by atoms with Crippen molar-refractivity contribution in [1.29, 1.82) is 0 Å². The summed E-state index contributed by atoms with van der Waals surface area (Å²) in [5.74, 6) is 9.31. The van der Waals surface area contributed by atoms with Gasteiger partial charge in [0.15, 0.2) is 0 Å². The zero-order valence-corrected chi connectivity index (χ0v) is 13.9. The van der Waals surface area contributed by atoms with Gasteiger partial charge in [0.2, 0.25) is 0 Å². The molecule has 1 aliphatic rings. The summed E-state index contributed by atoms with van der Waals surface area (Å²) >= 11 is 2.09. The van der Waals surface area contributed by atoms with Gasteiger partial charge in [-0.1, -0.05) is 17.7 Å². The average molecular weight is 292 g/mol. The van der Waals surface area contributed by atoms with E-state index in [2.05, 4.69) is 50.1 Å². The lowest BCUT2D eigenvalue weighted by Crippen LogP contribution is -2.39. The zero-order valence-electron chi connectivity index (χ0n) is 13.0. The molecular formula is C17H28N2S. The number of hydrazine groups is 1. The number of aryl methyl sites for hydroxylation is 3. The summed E-state index contributed by atoms with van der Waals surface area (Å²) in [6.07, 6.45) is 4.98. The predicted molar refractivity (Wildman–Crippen MR) is 90.1 cm³/mol. The molecule has 0 bridgehead atoms. The van der Waals surface area contributed by atoms with Crippen LogP contribution < -0.4 is 11.3 Å². The maximum atomic E-state index is 5.81. The van der Waals surface area contributed by atoms with Gasteiger partial charge in [0.05, 0.1) is 0 Å². The maximum absolute atomic E-state index is 5.81. The second-order valence-corrected chi connectivity index (χ2v) is 7.46. The first-order valence-electron chi connectivity index (χ1n) is 7.70. The van der Waals surface area contributed by atoms with Gasteiger partial charge in [-0.15, -0.1) is 0 Å². The van der Waals surface area contributed by atoms with Crippen molar-refractivity contribution in [3.8, 4) is 0 Å². The van der Waals surface area contributed by atoms with Crippen molar-refractivity contribution in [2.45, 2.75) is 52.5 Å². The van der Waals surface area contributed by atoms with Crippen molar-refractivity contribution in [1.82, 2.24) is 5.43 Å². The van der Waals surface area contributed by atoms with Crippen LogP contribution in [0.25, 0.3) is 0 Å². The second-order valence-electron chi connectivity index (χ2n) is 6.24. The molecule has 0 aliphatic carbocycles. The first-order chi connectivity index (χ1) is 9.60. The second kappa shape index (κ2) is 7.48. The fourth-order valence-electron chi connectivity index (χ4n) is 3.37. The molecule has 0 spiro atoms. The van der Waals surface area contributed by atoms with Gasteiger partial charge in [-0.2, -0.15) is 11.8 Å². The SMILES string of the molecule is Cc1cc(C)c(CC(CC2CCSCC2)NN)c(C)c1. The van der Waals surface area contributed by atoms with Gasteiger partial charge in [-0.25, -0.2) is 0 Å². The first kappa shape index (κ1) is 15.9. The molecule has 1 fully saturated rings. The highest BCUT2D eigenvalue weighted by Gasteiger charge is 2.19. The summed E-state index contributed by atoms with van der Waals surface area (Å²) in [7, 11) is 0. The van der Waals surface area contributed by atoms with Gasteiger partial charge in [-0.3, -0.25) is 11.3 Å². The van der Waals surface area contributed by atoms with Crippen LogP contribution in [0.2, 0.25) is 0 Å². The average Bonchev–Trinajstić information content (AvgIpc) is 2.42. The Balaban J connectivity index is 2.02. The maximum Gasteiger partial charge on any atom is 0.0253 e. The topological polar surface area (TPSA) is 38.0 Å². The Morgan fingerprint density at radius 2 is 1.80 bits per heavy atom. The number of nitrogens with one attached hydrogen (secondary N) is 1. The molecule has 0 amide bonds. The number of benzene rings is 1. The van der Waals surface area contributed by atoms with Crippen LogP contribution in [0.1, 0.15) is 41.5 Å². The first-order valence-corrected chi connectivity index (χ1v) is 8.86. The normalized spacial score (nSPS) is 18.2. The van der Waals surface area contributed by atoms with Gasteiger partial charge in [-0.05, 0) is 80.6 Å². The van der Waals surface area contributed by atoms with Crippen LogP contribution in [-0.4, -0.2) is 17.5 Å². The van der Waals surface area contributed by atoms with Gasteiger partial charge in [0, 0.05) is 6.04 Å². The van der Waals surface area contributed by atoms with Crippen LogP contribution in [0.15, 0.2) is 12.1 Å². The Morgan fingerprint density at radius 1 is 1.20 bits per heavy atom. The van der Waals surface area contributed by atoms with E-state index in [0.29, 0.717) is 6.04 Å². The lowest BCUT2D eigenvalue weighted by Gasteiger charge is -2.27. The Kier molecular flexibility index (Phi) is 5.94. The molecule has 0 aromatic heterocycles. The molecular weight excluding hydrogens is 264 g/mol. The van der Waals surface area contributed by atoms with Crippen molar-refractivity contribution < 1.29 is 0 Å². The highest BCUT2D eigenvalue weighted by atomic mass is 32.2. The molecule has 1 aliphatic heterocycles. The molecule has 3 heteroatoms. The summed E-state index contributed by atoms with van der Waals surface area (Å²) in [6.45, 7) is 6.61. The Hall–Kier alpha value is -0.510. The molecule has 0 saturated carbocycles. The lowest BCUT2D eigenvalue weighted by molar-refractivity contribution is 0.365. The van der Waals surface area contributed by atoms with Crippen LogP contribution >= 0.6 is 11.8 Å². The molecule has 1 saturated heterocycles. The largest absolute Gasteiger partial charge is 0.271 e. The summed E-state index contributed by atoms with van der Waals surface area (Å²) in [5.41, 5.74) is 8.70. The summed E-state index contributed by atoms with van der Waals surface area (Å²) < 4.78 is 0. The van der Waals surface area contributed by atoms with Gasteiger partial charge in [0.25, 0.3) is 0 Å². The number of hydrogen-bond acceptors (Lipinski definition) is 3. The Labute approximate surface area is 127 Å². The third kappa shape index (κ3) is 4.24. The van der Waals surface area contributed by atoms with E-state index in [9.17, 15) is 0 Å². The van der Waals surface area contributed by atoms with Gasteiger partial charge >= 0.3 is 0 Å². The lowest BCUT2D eigenvalue weighted by atomic mass is 9.88. The van der Waals surface area contributed by atoms with E-state index in [1.807, 2.05) is 0 Å². The number of thioether (sulfide) groups is 1. The van der Waals surface area contributed by atoms with Crippen LogP contribution in [0.4, 0.5) is 0 Å². The molecule has 1 atom stereocenters. The van der Waals surface area contributed by atoms with E-state index < -0.39 is 0 Å². The van der Waals surface area contributed by atoms with Gasteiger partial charge in [0.1, 0.15) is 0 Å². The number of hydrogen-bond donors (Lipinski definition) is 2. The van der Waals surface area contributed by atoms with Crippen molar-refractivity contribution >= 4 is 11.8 Å². The summed E-state index contributed by atoms with van der Waals surface area (Å²) in [6, 6.07) is 4.98. The molecule has 1 aromatic rings. The van der Waals surface area contributed by atoms with Crippen molar-refractivity contribution in [2.24, 2.45) is 11.8 Å². The fourth-order valence-corrected chi connectivity index (χ4v) is 4.58.